The zero-order chi connectivity index (χ0) is 11.5. The molecule has 1 N–H and O–H groups in total. The van der Waals surface area contributed by atoms with Crippen LogP contribution in [-0.2, 0) is 4.74 Å². The van der Waals surface area contributed by atoms with Gasteiger partial charge in [0.15, 0.2) is 0 Å². The highest BCUT2D eigenvalue weighted by molar-refractivity contribution is 7.99. The lowest BCUT2D eigenvalue weighted by molar-refractivity contribution is 0.0600. The molecule has 16 heavy (non-hydrogen) atoms. The molecule has 2 rings (SSSR count). The van der Waals surface area contributed by atoms with E-state index in [-0.39, 0.29) is 5.97 Å². The number of thioether (sulfide) groups is 1. The molecule has 3 nitrogen and oxygen atoms in total. The molecule has 1 unspecified atom stereocenters. The minimum atomic E-state index is -0.268. The molecule has 1 saturated heterocycles. The number of hydrogen-bond acceptors (Lipinski definition) is 4. The summed E-state index contributed by atoms with van der Waals surface area (Å²) in [4.78, 5) is 11.4. The Balaban J connectivity index is 2.25. The molecule has 1 atom stereocenters. The fourth-order valence-corrected chi connectivity index (χ4v) is 2.87. The lowest BCUT2D eigenvalue weighted by Crippen LogP contribution is -2.13. The zero-order valence-electron chi connectivity index (χ0n) is 9.45. The molecule has 1 heterocycles. The van der Waals surface area contributed by atoms with Gasteiger partial charge in [-0.25, -0.2) is 4.79 Å². The van der Waals surface area contributed by atoms with Crippen molar-refractivity contribution in [1.82, 2.24) is 5.32 Å². The average molecular weight is 237 g/mol. The average Bonchev–Trinajstić information content (AvgIpc) is 2.81. The number of nitrogens with one attached hydrogen (secondary N) is 1. The highest BCUT2D eigenvalue weighted by atomic mass is 32.2. The Bertz CT molecular complexity index is 400. The monoisotopic (exact) mass is 237 g/mol. The molecule has 0 amide bonds. The SMILES string of the molecule is COC(=O)c1ccc(C2NCCS2)cc1C. The van der Waals surface area contributed by atoms with Gasteiger partial charge in [0.1, 0.15) is 0 Å². The predicted molar refractivity (Wildman–Crippen MR) is 65.7 cm³/mol. The first-order valence-electron chi connectivity index (χ1n) is 5.26. The number of rotatable bonds is 2. The topological polar surface area (TPSA) is 38.3 Å². The van der Waals surface area contributed by atoms with Crippen molar-refractivity contribution in [3.8, 4) is 0 Å². The molecule has 4 heteroatoms. The normalized spacial score (nSPS) is 19.8. The first kappa shape index (κ1) is 11.5. The van der Waals surface area contributed by atoms with E-state index in [2.05, 4.69) is 11.4 Å². The highest BCUT2D eigenvalue weighted by Gasteiger charge is 2.18. The van der Waals surface area contributed by atoms with E-state index in [4.69, 9.17) is 4.74 Å². The largest absolute Gasteiger partial charge is 0.465 e. The minimum Gasteiger partial charge on any atom is -0.465 e. The molecule has 0 bridgehead atoms. The Morgan fingerprint density at radius 1 is 1.56 bits per heavy atom. The van der Waals surface area contributed by atoms with E-state index >= 15 is 0 Å². The molecule has 0 aromatic heterocycles. The first-order valence-corrected chi connectivity index (χ1v) is 6.31. The van der Waals surface area contributed by atoms with E-state index in [0.29, 0.717) is 10.9 Å². The maximum atomic E-state index is 11.4. The van der Waals surface area contributed by atoms with Gasteiger partial charge in [0, 0.05) is 12.3 Å². The standard InChI is InChI=1S/C12H15NO2S/c1-8-7-9(11-13-5-6-16-11)3-4-10(8)12(14)15-2/h3-4,7,11,13H,5-6H2,1-2H3. The second kappa shape index (κ2) is 4.89. The molecule has 1 aromatic carbocycles. The lowest BCUT2D eigenvalue weighted by atomic mass is 10.1. The van der Waals surface area contributed by atoms with Crippen molar-refractivity contribution in [2.24, 2.45) is 0 Å². The van der Waals surface area contributed by atoms with Gasteiger partial charge in [0.2, 0.25) is 0 Å². The predicted octanol–water partition coefficient (Wildman–Crippen LogP) is 2.12. The van der Waals surface area contributed by atoms with Crippen LogP contribution >= 0.6 is 11.8 Å². The van der Waals surface area contributed by atoms with E-state index in [1.54, 1.807) is 0 Å². The van der Waals surface area contributed by atoms with Gasteiger partial charge in [-0.2, -0.15) is 0 Å². The summed E-state index contributed by atoms with van der Waals surface area (Å²) in [5.74, 6) is 0.874. The van der Waals surface area contributed by atoms with Gasteiger partial charge in [-0.05, 0) is 24.1 Å². The summed E-state index contributed by atoms with van der Waals surface area (Å²) in [6.07, 6.45) is 0. The molecule has 86 valence electrons. The minimum absolute atomic E-state index is 0.268. The Kier molecular flexibility index (Phi) is 3.51. The summed E-state index contributed by atoms with van der Waals surface area (Å²) in [7, 11) is 1.41. The number of carbonyl (C=O) groups is 1. The summed E-state index contributed by atoms with van der Waals surface area (Å²) in [6.45, 7) is 2.99. The summed E-state index contributed by atoms with van der Waals surface area (Å²) < 4.78 is 4.72. The highest BCUT2D eigenvalue weighted by Crippen LogP contribution is 2.30. The van der Waals surface area contributed by atoms with Gasteiger partial charge in [-0.3, -0.25) is 0 Å². The fourth-order valence-electron chi connectivity index (χ4n) is 1.83. The van der Waals surface area contributed by atoms with Gasteiger partial charge in [-0.1, -0.05) is 12.1 Å². The van der Waals surface area contributed by atoms with Crippen LogP contribution < -0.4 is 5.32 Å². The number of esters is 1. The number of hydrogen-bond donors (Lipinski definition) is 1. The van der Waals surface area contributed by atoms with Crippen LogP contribution in [0.15, 0.2) is 18.2 Å². The van der Waals surface area contributed by atoms with Gasteiger partial charge in [0.25, 0.3) is 0 Å². The molecule has 0 spiro atoms. The molecule has 1 aliphatic heterocycles. The Morgan fingerprint density at radius 3 is 2.94 bits per heavy atom. The van der Waals surface area contributed by atoms with Crippen LogP contribution in [0.4, 0.5) is 0 Å². The first-order chi connectivity index (χ1) is 7.72. The molecule has 0 radical (unpaired) electrons. The summed E-state index contributed by atoms with van der Waals surface area (Å²) in [5, 5.41) is 3.78. The third-order valence-electron chi connectivity index (χ3n) is 2.67. The van der Waals surface area contributed by atoms with Crippen molar-refractivity contribution in [3.05, 3.63) is 34.9 Å². The number of methoxy groups -OCH3 is 1. The van der Waals surface area contributed by atoms with Crippen LogP contribution in [-0.4, -0.2) is 25.4 Å². The van der Waals surface area contributed by atoms with Crippen molar-refractivity contribution in [3.63, 3.8) is 0 Å². The van der Waals surface area contributed by atoms with Crippen molar-refractivity contribution in [2.75, 3.05) is 19.4 Å². The van der Waals surface area contributed by atoms with Crippen molar-refractivity contribution < 1.29 is 9.53 Å². The van der Waals surface area contributed by atoms with Crippen molar-refractivity contribution >= 4 is 17.7 Å². The summed E-state index contributed by atoms with van der Waals surface area (Å²) >= 11 is 1.90. The second-order valence-corrected chi connectivity index (χ2v) is 4.98. The zero-order valence-corrected chi connectivity index (χ0v) is 10.3. The summed E-state index contributed by atoms with van der Waals surface area (Å²) in [6, 6.07) is 5.90. The molecule has 0 saturated carbocycles. The van der Waals surface area contributed by atoms with Crippen LogP contribution in [0.1, 0.15) is 26.9 Å². The van der Waals surface area contributed by atoms with E-state index in [1.807, 2.05) is 30.8 Å². The van der Waals surface area contributed by atoms with E-state index in [1.165, 1.54) is 12.7 Å². The van der Waals surface area contributed by atoms with Gasteiger partial charge in [0.05, 0.1) is 18.0 Å². The maximum absolute atomic E-state index is 11.4. The number of aryl methyl sites for hydroxylation is 1. The number of carbonyl (C=O) groups excluding carboxylic acids is 1. The van der Waals surface area contributed by atoms with Crippen molar-refractivity contribution in [1.29, 1.82) is 0 Å². The Labute approximate surface area is 99.6 Å². The number of benzene rings is 1. The molecule has 1 aromatic rings. The van der Waals surface area contributed by atoms with Crippen LogP contribution in [0, 0.1) is 6.92 Å². The third-order valence-corrected chi connectivity index (χ3v) is 3.89. The van der Waals surface area contributed by atoms with E-state index < -0.39 is 0 Å². The Hall–Kier alpha value is -1.00. The molecule has 1 fully saturated rings. The fraction of sp³-hybridized carbons (Fsp3) is 0.417. The molecule has 1 aliphatic rings. The molecular weight excluding hydrogens is 222 g/mol. The van der Waals surface area contributed by atoms with E-state index in [9.17, 15) is 4.79 Å². The van der Waals surface area contributed by atoms with Crippen LogP contribution in [0.5, 0.6) is 0 Å². The number of ether oxygens (including phenoxy) is 1. The Morgan fingerprint density at radius 2 is 2.38 bits per heavy atom. The lowest BCUT2D eigenvalue weighted by Gasteiger charge is -2.12. The van der Waals surface area contributed by atoms with Gasteiger partial charge in [-0.15, -0.1) is 11.8 Å². The molecular formula is C12H15NO2S. The summed E-state index contributed by atoms with van der Waals surface area (Å²) in [5.41, 5.74) is 2.85. The molecule has 0 aliphatic carbocycles. The van der Waals surface area contributed by atoms with Gasteiger partial charge < -0.3 is 10.1 Å². The third kappa shape index (κ3) is 2.23. The van der Waals surface area contributed by atoms with Crippen molar-refractivity contribution in [2.45, 2.75) is 12.3 Å². The van der Waals surface area contributed by atoms with E-state index in [0.717, 1.165) is 17.9 Å². The van der Waals surface area contributed by atoms with Gasteiger partial charge >= 0.3 is 5.97 Å². The second-order valence-electron chi connectivity index (χ2n) is 3.77. The van der Waals surface area contributed by atoms with Crippen LogP contribution in [0.25, 0.3) is 0 Å². The van der Waals surface area contributed by atoms with Crippen LogP contribution in [0.3, 0.4) is 0 Å². The maximum Gasteiger partial charge on any atom is 0.338 e. The quantitative estimate of drug-likeness (QED) is 0.800. The smallest absolute Gasteiger partial charge is 0.338 e. The van der Waals surface area contributed by atoms with Crippen LogP contribution in [0.2, 0.25) is 0 Å².